The van der Waals surface area contributed by atoms with E-state index in [4.69, 9.17) is 26.8 Å². The Labute approximate surface area is 210 Å². The first-order chi connectivity index (χ1) is 17.3. The lowest BCUT2D eigenvalue weighted by molar-refractivity contribution is -0.147. The fourth-order valence-electron chi connectivity index (χ4n) is 3.10. The summed E-state index contributed by atoms with van der Waals surface area (Å²) in [6.07, 6.45) is -2.64. The highest BCUT2D eigenvalue weighted by Gasteiger charge is 2.31. The Kier molecular flexibility index (Phi) is 12.2. The molecule has 15 nitrogen and oxygen atoms in total. The van der Waals surface area contributed by atoms with Crippen LogP contribution in [-0.2, 0) is 40.0 Å². The number of benzene rings is 1. The number of nitrogens with one attached hydrogen (secondary N) is 3. The summed E-state index contributed by atoms with van der Waals surface area (Å²) in [7, 11) is 0. The zero-order valence-electron chi connectivity index (χ0n) is 19.6. The molecule has 1 aromatic rings. The minimum absolute atomic E-state index is 0.0915. The number of nitrogens with two attached hydrogens (primary N) is 2. The van der Waals surface area contributed by atoms with Crippen LogP contribution in [0.5, 0.6) is 0 Å². The van der Waals surface area contributed by atoms with Gasteiger partial charge < -0.3 is 42.7 Å². The normalized spacial score (nSPS) is 13.8. The molecular formula is C22H29N5O10. The van der Waals surface area contributed by atoms with Gasteiger partial charge in [0, 0.05) is 12.8 Å². The van der Waals surface area contributed by atoms with Crippen LogP contribution in [0, 0.1) is 0 Å². The van der Waals surface area contributed by atoms with Gasteiger partial charge in [-0.15, -0.1) is 0 Å². The van der Waals surface area contributed by atoms with Gasteiger partial charge >= 0.3 is 17.9 Å². The average Bonchev–Trinajstić information content (AvgIpc) is 2.80. The number of carbonyl (C=O) groups is 7. The van der Waals surface area contributed by atoms with Crippen molar-refractivity contribution in [2.24, 2.45) is 11.5 Å². The number of carbonyl (C=O) groups excluding carboxylic acids is 4. The van der Waals surface area contributed by atoms with Crippen molar-refractivity contribution in [1.82, 2.24) is 16.0 Å². The van der Waals surface area contributed by atoms with Gasteiger partial charge in [-0.25, -0.2) is 4.79 Å². The van der Waals surface area contributed by atoms with Crippen LogP contribution in [0.15, 0.2) is 30.3 Å². The van der Waals surface area contributed by atoms with E-state index in [9.17, 15) is 33.6 Å². The summed E-state index contributed by atoms with van der Waals surface area (Å²) in [5.74, 6) is -8.33. The third-order valence-corrected chi connectivity index (χ3v) is 4.95. The van der Waals surface area contributed by atoms with Gasteiger partial charge in [0.1, 0.15) is 18.1 Å². The molecule has 0 radical (unpaired) electrons. The van der Waals surface area contributed by atoms with Crippen LogP contribution in [0.2, 0.25) is 0 Å². The predicted octanol–water partition coefficient (Wildman–Crippen LogP) is -2.69. The zero-order valence-corrected chi connectivity index (χ0v) is 19.6. The summed E-state index contributed by atoms with van der Waals surface area (Å²) < 4.78 is 0. The molecule has 0 spiro atoms. The molecule has 202 valence electrons. The molecule has 0 aromatic heterocycles. The smallest absolute Gasteiger partial charge is 0.326 e. The summed E-state index contributed by atoms with van der Waals surface area (Å²) in [5.41, 5.74) is 11.3. The highest BCUT2D eigenvalue weighted by atomic mass is 16.4. The van der Waals surface area contributed by atoms with Gasteiger partial charge in [-0.2, -0.15) is 0 Å². The van der Waals surface area contributed by atoms with E-state index in [0.29, 0.717) is 5.56 Å². The molecule has 0 aliphatic heterocycles. The van der Waals surface area contributed by atoms with Crippen molar-refractivity contribution in [1.29, 1.82) is 0 Å². The van der Waals surface area contributed by atoms with Crippen LogP contribution < -0.4 is 27.4 Å². The molecule has 15 heteroatoms. The minimum atomic E-state index is -1.85. The molecule has 0 aliphatic carbocycles. The van der Waals surface area contributed by atoms with E-state index in [2.05, 4.69) is 10.6 Å². The molecule has 37 heavy (non-hydrogen) atoms. The standard InChI is InChI=1S/C22H29N5O10/c23-12(9-16(24)28)19(33)26-14(8-11-4-2-1-3-5-11)21(35)25-13(6-7-17(29)30)20(34)27-15(22(36)37)10-18(31)32/h1-5,12-15H,6-10,23H2,(H2,24,28)(H,25,35)(H,26,33)(H,27,34)(H,29,30)(H,31,32)(H,36,37). The lowest BCUT2D eigenvalue weighted by Crippen LogP contribution is -2.58. The van der Waals surface area contributed by atoms with Crippen LogP contribution in [0.3, 0.4) is 0 Å². The first kappa shape index (κ1) is 30.5. The SMILES string of the molecule is NC(=O)CC(N)C(=O)NC(Cc1ccccc1)C(=O)NC(CCC(=O)O)C(=O)NC(CC(=O)O)C(=O)O. The fraction of sp³-hybridized carbons (Fsp3) is 0.409. The number of hydrogen-bond donors (Lipinski definition) is 8. The lowest BCUT2D eigenvalue weighted by Gasteiger charge is -2.25. The van der Waals surface area contributed by atoms with Crippen molar-refractivity contribution in [3.63, 3.8) is 0 Å². The first-order valence-electron chi connectivity index (χ1n) is 11.0. The maximum Gasteiger partial charge on any atom is 0.326 e. The summed E-state index contributed by atoms with van der Waals surface area (Å²) in [6.45, 7) is 0. The lowest BCUT2D eigenvalue weighted by atomic mass is 10.0. The molecule has 1 rings (SSSR count). The van der Waals surface area contributed by atoms with Crippen LogP contribution in [0.25, 0.3) is 0 Å². The number of hydrogen-bond acceptors (Lipinski definition) is 8. The van der Waals surface area contributed by atoms with E-state index in [0.717, 1.165) is 0 Å². The third kappa shape index (κ3) is 11.6. The van der Waals surface area contributed by atoms with E-state index in [1.165, 1.54) is 0 Å². The molecule has 10 N–H and O–H groups in total. The summed E-state index contributed by atoms with van der Waals surface area (Å²) in [5, 5.41) is 33.6. The Hall–Kier alpha value is -4.53. The number of carboxylic acid groups (broad SMARTS) is 3. The van der Waals surface area contributed by atoms with Crippen molar-refractivity contribution in [3.8, 4) is 0 Å². The molecule has 0 bridgehead atoms. The molecule has 0 fully saturated rings. The Balaban J connectivity index is 3.15. The van der Waals surface area contributed by atoms with Crippen molar-refractivity contribution < 1.29 is 48.9 Å². The third-order valence-electron chi connectivity index (χ3n) is 4.95. The second-order valence-corrected chi connectivity index (χ2v) is 8.02. The Bertz CT molecular complexity index is 1020. The summed E-state index contributed by atoms with van der Waals surface area (Å²) in [6, 6.07) is 2.19. The van der Waals surface area contributed by atoms with E-state index < -0.39 is 91.4 Å². The quantitative estimate of drug-likeness (QED) is 0.110. The molecule has 0 saturated heterocycles. The van der Waals surface area contributed by atoms with Crippen LogP contribution >= 0.6 is 0 Å². The van der Waals surface area contributed by atoms with Crippen molar-refractivity contribution in [2.45, 2.75) is 56.3 Å². The highest BCUT2D eigenvalue weighted by Crippen LogP contribution is 2.07. The summed E-state index contributed by atoms with van der Waals surface area (Å²) >= 11 is 0. The fourth-order valence-corrected chi connectivity index (χ4v) is 3.10. The molecule has 4 atom stereocenters. The van der Waals surface area contributed by atoms with Crippen molar-refractivity contribution >= 4 is 41.5 Å². The van der Waals surface area contributed by atoms with E-state index >= 15 is 0 Å². The predicted molar refractivity (Wildman–Crippen MR) is 124 cm³/mol. The van der Waals surface area contributed by atoms with Crippen LogP contribution in [0.1, 0.15) is 31.2 Å². The molecule has 0 saturated carbocycles. The van der Waals surface area contributed by atoms with Crippen molar-refractivity contribution in [2.75, 3.05) is 0 Å². The van der Waals surface area contributed by atoms with Gasteiger partial charge in [0.05, 0.1) is 18.9 Å². The maximum atomic E-state index is 13.1. The van der Waals surface area contributed by atoms with Gasteiger partial charge in [-0.3, -0.25) is 28.8 Å². The highest BCUT2D eigenvalue weighted by molar-refractivity contribution is 5.95. The van der Waals surface area contributed by atoms with Gasteiger partial charge in [-0.1, -0.05) is 30.3 Å². The van der Waals surface area contributed by atoms with Gasteiger partial charge in [0.2, 0.25) is 23.6 Å². The van der Waals surface area contributed by atoms with E-state index in [1.54, 1.807) is 30.3 Å². The van der Waals surface area contributed by atoms with Gasteiger partial charge in [0.25, 0.3) is 0 Å². The Morgan fingerprint density at radius 3 is 1.78 bits per heavy atom. The number of amides is 4. The number of aliphatic carboxylic acids is 3. The van der Waals surface area contributed by atoms with Crippen LogP contribution in [-0.4, -0.2) is 81.0 Å². The van der Waals surface area contributed by atoms with Gasteiger partial charge in [0.15, 0.2) is 0 Å². The molecule has 4 amide bonds. The topological polar surface area (TPSA) is 268 Å². The number of carboxylic acids is 3. The van der Waals surface area contributed by atoms with Crippen LogP contribution in [0.4, 0.5) is 0 Å². The molecular weight excluding hydrogens is 494 g/mol. The second-order valence-electron chi connectivity index (χ2n) is 8.02. The largest absolute Gasteiger partial charge is 0.481 e. The Morgan fingerprint density at radius 1 is 0.730 bits per heavy atom. The molecule has 1 aromatic carbocycles. The van der Waals surface area contributed by atoms with Gasteiger partial charge in [-0.05, 0) is 12.0 Å². The number of primary amides is 1. The Morgan fingerprint density at radius 2 is 1.27 bits per heavy atom. The number of rotatable bonds is 16. The summed E-state index contributed by atoms with van der Waals surface area (Å²) in [4.78, 5) is 82.6. The molecule has 4 unspecified atom stereocenters. The van der Waals surface area contributed by atoms with E-state index in [-0.39, 0.29) is 6.42 Å². The first-order valence-corrected chi connectivity index (χ1v) is 11.0. The van der Waals surface area contributed by atoms with Crippen molar-refractivity contribution in [3.05, 3.63) is 35.9 Å². The monoisotopic (exact) mass is 523 g/mol. The van der Waals surface area contributed by atoms with E-state index in [1.807, 2.05) is 5.32 Å². The maximum absolute atomic E-state index is 13.1. The molecule has 0 heterocycles. The molecule has 0 aliphatic rings. The average molecular weight is 523 g/mol. The zero-order chi connectivity index (χ0) is 28.1. The minimum Gasteiger partial charge on any atom is -0.481 e. The second kappa shape index (κ2) is 14.8.